The van der Waals surface area contributed by atoms with E-state index in [1.807, 2.05) is 0 Å². The van der Waals surface area contributed by atoms with Crippen molar-refractivity contribution in [2.24, 2.45) is 0 Å². The minimum atomic E-state index is -0.0991. The van der Waals surface area contributed by atoms with Crippen LogP contribution in [0.4, 0.5) is 0 Å². The Morgan fingerprint density at radius 3 is 1.23 bits per heavy atom. The van der Waals surface area contributed by atoms with E-state index in [-0.39, 0.29) is 10.8 Å². The van der Waals surface area contributed by atoms with Crippen molar-refractivity contribution in [1.82, 2.24) is 15.0 Å². The van der Waals surface area contributed by atoms with Gasteiger partial charge in [0.15, 0.2) is 17.5 Å². The molecule has 0 aliphatic heterocycles. The Kier molecular flexibility index (Phi) is 5.43. The van der Waals surface area contributed by atoms with E-state index in [2.05, 4.69) is 144 Å². The molecule has 6 aromatic rings. The molecule has 0 fully saturated rings. The number of rotatable bonds is 3. The van der Waals surface area contributed by atoms with Crippen LogP contribution in [-0.2, 0) is 10.8 Å². The number of aryl methyl sites for hydroxylation is 1. The van der Waals surface area contributed by atoms with Crippen LogP contribution in [0.3, 0.4) is 0 Å². The maximum Gasteiger partial charge on any atom is 0.164 e. The zero-order valence-corrected chi connectivity index (χ0v) is 25.2. The summed E-state index contributed by atoms with van der Waals surface area (Å²) in [5.74, 6) is 2.07. The van der Waals surface area contributed by atoms with Gasteiger partial charge in [-0.05, 0) is 63.6 Å². The Labute approximate surface area is 253 Å². The van der Waals surface area contributed by atoms with Gasteiger partial charge in [0.25, 0.3) is 0 Å². The molecule has 208 valence electrons. The first-order valence-corrected chi connectivity index (χ1v) is 15.0. The fourth-order valence-corrected chi connectivity index (χ4v) is 7.15. The lowest BCUT2D eigenvalue weighted by atomic mass is 9.82. The summed E-state index contributed by atoms with van der Waals surface area (Å²) in [5, 5.41) is 0. The molecule has 5 aromatic carbocycles. The van der Waals surface area contributed by atoms with Gasteiger partial charge in [0.1, 0.15) is 0 Å². The number of nitrogens with zero attached hydrogens (tertiary/aromatic N) is 3. The second-order valence-corrected chi connectivity index (χ2v) is 13.0. The molecule has 1 heterocycles. The Bertz CT molecular complexity index is 1960. The van der Waals surface area contributed by atoms with Crippen molar-refractivity contribution >= 4 is 0 Å². The van der Waals surface area contributed by atoms with Gasteiger partial charge in [-0.15, -0.1) is 0 Å². The SMILES string of the molecule is Cc1ccc(-c2nc(-c3ccc4c(c3)C(C)(C)c3ccccc3-4)nc(-c3ccc4c(c3)C(C)(C)c3ccccc3-4)n2)cc1. The third kappa shape index (κ3) is 3.84. The predicted octanol–water partition coefficient (Wildman–Crippen LogP) is 9.79. The van der Waals surface area contributed by atoms with E-state index in [9.17, 15) is 0 Å². The molecule has 0 atom stereocenters. The minimum absolute atomic E-state index is 0.0991. The number of hydrogen-bond donors (Lipinski definition) is 0. The van der Waals surface area contributed by atoms with Gasteiger partial charge in [0.2, 0.25) is 0 Å². The van der Waals surface area contributed by atoms with Crippen LogP contribution in [0.25, 0.3) is 56.4 Å². The second-order valence-electron chi connectivity index (χ2n) is 13.0. The fourth-order valence-electron chi connectivity index (χ4n) is 7.15. The molecule has 3 heteroatoms. The lowest BCUT2D eigenvalue weighted by Gasteiger charge is -2.22. The van der Waals surface area contributed by atoms with Crippen LogP contribution in [0.1, 0.15) is 55.5 Å². The minimum Gasteiger partial charge on any atom is -0.208 e. The molecule has 8 rings (SSSR count). The van der Waals surface area contributed by atoms with Gasteiger partial charge in [-0.2, -0.15) is 0 Å². The molecule has 0 amide bonds. The van der Waals surface area contributed by atoms with Gasteiger partial charge in [0.05, 0.1) is 0 Å². The quantitative estimate of drug-likeness (QED) is 0.218. The topological polar surface area (TPSA) is 38.7 Å². The van der Waals surface area contributed by atoms with Gasteiger partial charge in [-0.3, -0.25) is 0 Å². The predicted molar refractivity (Wildman–Crippen MR) is 176 cm³/mol. The lowest BCUT2D eigenvalue weighted by Crippen LogP contribution is -2.15. The van der Waals surface area contributed by atoms with Crippen molar-refractivity contribution in [3.63, 3.8) is 0 Å². The van der Waals surface area contributed by atoms with E-state index in [1.165, 1.54) is 50.1 Å². The van der Waals surface area contributed by atoms with E-state index >= 15 is 0 Å². The summed E-state index contributed by atoms with van der Waals surface area (Å²) in [6, 6.07) is 39.3. The molecule has 43 heavy (non-hydrogen) atoms. The highest BCUT2D eigenvalue weighted by Crippen LogP contribution is 2.50. The van der Waals surface area contributed by atoms with Crippen molar-refractivity contribution in [3.8, 4) is 56.4 Å². The van der Waals surface area contributed by atoms with Gasteiger partial charge >= 0.3 is 0 Å². The van der Waals surface area contributed by atoms with Crippen molar-refractivity contribution in [2.45, 2.75) is 45.4 Å². The van der Waals surface area contributed by atoms with Gasteiger partial charge in [0, 0.05) is 27.5 Å². The van der Waals surface area contributed by atoms with Crippen LogP contribution in [0.2, 0.25) is 0 Å². The molecular formula is C40H33N3. The van der Waals surface area contributed by atoms with Crippen LogP contribution < -0.4 is 0 Å². The highest BCUT2D eigenvalue weighted by molar-refractivity contribution is 5.84. The second kappa shape index (κ2) is 9.05. The molecule has 0 N–H and O–H groups in total. The molecule has 0 spiro atoms. The first kappa shape index (κ1) is 25.8. The summed E-state index contributed by atoms with van der Waals surface area (Å²) >= 11 is 0. The van der Waals surface area contributed by atoms with E-state index in [1.54, 1.807) is 0 Å². The van der Waals surface area contributed by atoms with Gasteiger partial charge < -0.3 is 0 Å². The highest BCUT2D eigenvalue weighted by Gasteiger charge is 2.36. The molecular weight excluding hydrogens is 522 g/mol. The van der Waals surface area contributed by atoms with Gasteiger partial charge in [-0.25, -0.2) is 15.0 Å². The third-order valence-corrected chi connectivity index (χ3v) is 9.63. The van der Waals surface area contributed by atoms with Crippen LogP contribution in [0.15, 0.2) is 109 Å². The molecule has 2 aliphatic rings. The van der Waals surface area contributed by atoms with Crippen molar-refractivity contribution in [1.29, 1.82) is 0 Å². The van der Waals surface area contributed by atoms with Crippen LogP contribution in [-0.4, -0.2) is 15.0 Å². The fraction of sp³-hybridized carbons (Fsp3) is 0.175. The Morgan fingerprint density at radius 1 is 0.395 bits per heavy atom. The molecule has 2 aliphatic carbocycles. The number of hydrogen-bond acceptors (Lipinski definition) is 3. The summed E-state index contributed by atoms with van der Waals surface area (Å²) in [5.41, 5.74) is 14.5. The molecule has 0 radical (unpaired) electrons. The van der Waals surface area contributed by atoms with Crippen molar-refractivity contribution in [3.05, 3.63) is 137 Å². The van der Waals surface area contributed by atoms with Crippen LogP contribution in [0.5, 0.6) is 0 Å². The zero-order chi connectivity index (χ0) is 29.5. The average molecular weight is 556 g/mol. The smallest absolute Gasteiger partial charge is 0.164 e. The summed E-state index contributed by atoms with van der Waals surface area (Å²) in [6.45, 7) is 11.3. The molecule has 0 saturated heterocycles. The summed E-state index contributed by atoms with van der Waals surface area (Å²) in [6.07, 6.45) is 0. The zero-order valence-electron chi connectivity index (χ0n) is 25.2. The van der Waals surface area contributed by atoms with Crippen molar-refractivity contribution in [2.75, 3.05) is 0 Å². The first-order valence-electron chi connectivity index (χ1n) is 15.0. The number of aromatic nitrogens is 3. The maximum absolute atomic E-state index is 5.14. The normalized spacial score (nSPS) is 15.0. The van der Waals surface area contributed by atoms with E-state index < -0.39 is 0 Å². The third-order valence-electron chi connectivity index (χ3n) is 9.63. The number of benzene rings is 5. The highest BCUT2D eigenvalue weighted by atomic mass is 15.0. The average Bonchev–Trinajstić information content (AvgIpc) is 3.40. The van der Waals surface area contributed by atoms with Gasteiger partial charge in [-0.1, -0.05) is 130 Å². The molecule has 0 bridgehead atoms. The Morgan fingerprint density at radius 2 is 0.767 bits per heavy atom. The Balaban J connectivity index is 1.30. The van der Waals surface area contributed by atoms with E-state index in [4.69, 9.17) is 15.0 Å². The first-order chi connectivity index (χ1) is 20.7. The molecule has 0 saturated carbocycles. The molecule has 3 nitrogen and oxygen atoms in total. The summed E-state index contributed by atoms with van der Waals surface area (Å²) in [4.78, 5) is 15.3. The largest absolute Gasteiger partial charge is 0.208 e. The van der Waals surface area contributed by atoms with E-state index in [0.717, 1.165) is 16.7 Å². The monoisotopic (exact) mass is 555 g/mol. The maximum atomic E-state index is 5.14. The Hall–Kier alpha value is -4.89. The summed E-state index contributed by atoms with van der Waals surface area (Å²) in [7, 11) is 0. The number of fused-ring (bicyclic) bond motifs is 6. The van der Waals surface area contributed by atoms with Crippen LogP contribution in [0, 0.1) is 6.92 Å². The standard InChI is InChI=1S/C40H33N3/c1-24-14-16-25(17-15-24)36-41-37(26-18-20-30-28-10-6-8-12-32(28)39(2,3)34(30)22-26)43-38(42-36)27-19-21-31-29-11-7-9-13-33(29)40(4,5)35(31)23-27/h6-23H,1-5H3. The van der Waals surface area contributed by atoms with Crippen LogP contribution >= 0.6 is 0 Å². The lowest BCUT2D eigenvalue weighted by molar-refractivity contribution is 0.660. The van der Waals surface area contributed by atoms with Crippen molar-refractivity contribution < 1.29 is 0 Å². The summed E-state index contributed by atoms with van der Waals surface area (Å²) < 4.78 is 0. The molecule has 1 aromatic heterocycles. The molecule has 0 unspecified atom stereocenters. The van der Waals surface area contributed by atoms with E-state index in [0.29, 0.717) is 17.5 Å².